The van der Waals surface area contributed by atoms with Crippen LogP contribution in [0.3, 0.4) is 0 Å². The van der Waals surface area contributed by atoms with Crippen LogP contribution in [0, 0.1) is 5.82 Å². The Labute approximate surface area is 106 Å². The SMILES string of the molecule is CCNC(c1cccc(F)c1)C1CSCCO1. The molecule has 2 atom stereocenters. The lowest BCUT2D eigenvalue weighted by Gasteiger charge is -2.31. The molecule has 0 aliphatic carbocycles. The van der Waals surface area contributed by atoms with E-state index in [1.54, 1.807) is 12.1 Å². The van der Waals surface area contributed by atoms with Crippen molar-refractivity contribution in [3.63, 3.8) is 0 Å². The van der Waals surface area contributed by atoms with Gasteiger partial charge in [0.25, 0.3) is 0 Å². The van der Waals surface area contributed by atoms with Crippen LogP contribution in [0.25, 0.3) is 0 Å². The van der Waals surface area contributed by atoms with Crippen LogP contribution in [-0.4, -0.2) is 30.8 Å². The van der Waals surface area contributed by atoms with Crippen LogP contribution in [0.5, 0.6) is 0 Å². The first-order valence-electron chi connectivity index (χ1n) is 5.99. The van der Waals surface area contributed by atoms with E-state index in [0.29, 0.717) is 0 Å². The summed E-state index contributed by atoms with van der Waals surface area (Å²) in [6.07, 6.45) is 0.135. The number of halogens is 1. The van der Waals surface area contributed by atoms with E-state index >= 15 is 0 Å². The third kappa shape index (κ3) is 3.44. The van der Waals surface area contributed by atoms with E-state index in [2.05, 4.69) is 12.2 Å². The van der Waals surface area contributed by atoms with Crippen LogP contribution >= 0.6 is 11.8 Å². The van der Waals surface area contributed by atoms with Gasteiger partial charge >= 0.3 is 0 Å². The quantitative estimate of drug-likeness (QED) is 0.893. The maximum absolute atomic E-state index is 13.3. The van der Waals surface area contributed by atoms with Gasteiger partial charge in [-0.25, -0.2) is 4.39 Å². The van der Waals surface area contributed by atoms with E-state index in [1.807, 2.05) is 17.8 Å². The Morgan fingerprint density at radius 1 is 1.59 bits per heavy atom. The van der Waals surface area contributed by atoms with Crippen LogP contribution in [0.1, 0.15) is 18.5 Å². The Hall–Kier alpha value is -0.580. The molecule has 2 rings (SSSR count). The van der Waals surface area contributed by atoms with E-state index in [9.17, 15) is 4.39 Å². The number of benzene rings is 1. The number of likely N-dealkylation sites (N-methyl/N-ethyl adjacent to an activating group) is 1. The lowest BCUT2D eigenvalue weighted by Crippen LogP contribution is -2.38. The molecule has 0 spiro atoms. The number of hydrogen-bond donors (Lipinski definition) is 1. The van der Waals surface area contributed by atoms with E-state index in [-0.39, 0.29) is 18.0 Å². The van der Waals surface area contributed by atoms with Crippen LogP contribution in [0.15, 0.2) is 24.3 Å². The maximum atomic E-state index is 13.3. The Morgan fingerprint density at radius 2 is 2.47 bits per heavy atom. The molecule has 1 N–H and O–H groups in total. The van der Waals surface area contributed by atoms with E-state index in [1.165, 1.54) is 6.07 Å². The molecule has 1 fully saturated rings. The molecule has 1 aliphatic rings. The third-order valence-electron chi connectivity index (χ3n) is 2.85. The first-order chi connectivity index (χ1) is 8.31. The van der Waals surface area contributed by atoms with E-state index in [0.717, 1.165) is 30.2 Å². The molecule has 0 saturated carbocycles. The van der Waals surface area contributed by atoms with Crippen molar-refractivity contribution in [1.82, 2.24) is 5.32 Å². The average molecular weight is 255 g/mol. The van der Waals surface area contributed by atoms with E-state index < -0.39 is 0 Å². The summed E-state index contributed by atoms with van der Waals surface area (Å²) in [4.78, 5) is 0. The molecule has 1 aromatic rings. The monoisotopic (exact) mass is 255 g/mol. The van der Waals surface area contributed by atoms with Crippen LogP contribution in [0.4, 0.5) is 4.39 Å². The molecule has 17 heavy (non-hydrogen) atoms. The molecular formula is C13H18FNOS. The first kappa shape index (κ1) is 12.9. The molecular weight excluding hydrogens is 237 g/mol. The van der Waals surface area contributed by atoms with Crippen molar-refractivity contribution in [2.45, 2.75) is 19.1 Å². The van der Waals surface area contributed by atoms with Crippen LogP contribution in [0.2, 0.25) is 0 Å². The third-order valence-corrected chi connectivity index (χ3v) is 3.86. The zero-order chi connectivity index (χ0) is 12.1. The minimum Gasteiger partial charge on any atom is -0.375 e. The molecule has 2 unspecified atom stereocenters. The van der Waals surface area contributed by atoms with Crippen molar-refractivity contribution in [3.05, 3.63) is 35.6 Å². The highest BCUT2D eigenvalue weighted by atomic mass is 32.2. The highest BCUT2D eigenvalue weighted by Crippen LogP contribution is 2.25. The summed E-state index contributed by atoms with van der Waals surface area (Å²) in [5.41, 5.74) is 0.972. The second kappa shape index (κ2) is 6.38. The smallest absolute Gasteiger partial charge is 0.123 e. The van der Waals surface area contributed by atoms with Crippen molar-refractivity contribution in [3.8, 4) is 0 Å². The van der Waals surface area contributed by atoms with Gasteiger partial charge < -0.3 is 10.1 Å². The largest absolute Gasteiger partial charge is 0.375 e. The number of hydrogen-bond acceptors (Lipinski definition) is 3. The Bertz CT molecular complexity index is 355. The van der Waals surface area contributed by atoms with Gasteiger partial charge in [-0.05, 0) is 24.2 Å². The van der Waals surface area contributed by atoms with Crippen LogP contribution in [-0.2, 0) is 4.74 Å². The molecule has 0 bridgehead atoms. The normalized spacial score (nSPS) is 22.4. The second-order valence-corrected chi connectivity index (χ2v) is 5.22. The summed E-state index contributed by atoms with van der Waals surface area (Å²) in [5, 5.41) is 3.39. The van der Waals surface area contributed by atoms with Gasteiger partial charge in [0.2, 0.25) is 0 Å². The fourth-order valence-electron chi connectivity index (χ4n) is 2.08. The number of rotatable bonds is 4. The second-order valence-electron chi connectivity index (χ2n) is 4.07. The lowest BCUT2D eigenvalue weighted by molar-refractivity contribution is 0.0471. The summed E-state index contributed by atoms with van der Waals surface area (Å²) >= 11 is 1.90. The minimum atomic E-state index is -0.186. The van der Waals surface area contributed by atoms with Gasteiger partial charge in [-0.1, -0.05) is 19.1 Å². The molecule has 1 aliphatic heterocycles. The van der Waals surface area contributed by atoms with Gasteiger partial charge in [-0.15, -0.1) is 0 Å². The summed E-state index contributed by atoms with van der Waals surface area (Å²) in [5.74, 6) is 1.83. The van der Waals surface area contributed by atoms with Crippen molar-refractivity contribution in [2.24, 2.45) is 0 Å². The minimum absolute atomic E-state index is 0.0866. The van der Waals surface area contributed by atoms with Gasteiger partial charge in [0.05, 0.1) is 18.8 Å². The Morgan fingerprint density at radius 3 is 3.12 bits per heavy atom. The first-order valence-corrected chi connectivity index (χ1v) is 7.15. The predicted molar refractivity (Wildman–Crippen MR) is 69.9 cm³/mol. The van der Waals surface area contributed by atoms with Gasteiger partial charge in [0.1, 0.15) is 5.82 Å². The highest BCUT2D eigenvalue weighted by molar-refractivity contribution is 7.99. The summed E-state index contributed by atoms with van der Waals surface area (Å²) in [6.45, 7) is 3.69. The standard InChI is InChI=1S/C13H18FNOS/c1-2-15-13(12-9-17-7-6-16-12)10-4-3-5-11(14)8-10/h3-5,8,12-13,15H,2,6-7,9H2,1H3. The molecule has 2 nitrogen and oxygen atoms in total. The Balaban J connectivity index is 2.15. The molecule has 1 heterocycles. The zero-order valence-electron chi connectivity index (χ0n) is 9.99. The number of ether oxygens (including phenoxy) is 1. The Kier molecular flexibility index (Phi) is 4.83. The van der Waals surface area contributed by atoms with Gasteiger partial charge in [0, 0.05) is 11.5 Å². The predicted octanol–water partition coefficient (Wildman–Crippen LogP) is 2.61. The molecule has 0 aromatic heterocycles. The molecule has 94 valence electrons. The van der Waals surface area contributed by atoms with Gasteiger partial charge in [-0.3, -0.25) is 0 Å². The molecule has 4 heteroatoms. The molecule has 0 amide bonds. The average Bonchev–Trinajstić information content (AvgIpc) is 2.37. The zero-order valence-corrected chi connectivity index (χ0v) is 10.8. The van der Waals surface area contributed by atoms with Gasteiger partial charge in [0.15, 0.2) is 0 Å². The van der Waals surface area contributed by atoms with Crippen molar-refractivity contribution in [1.29, 1.82) is 0 Å². The van der Waals surface area contributed by atoms with Crippen molar-refractivity contribution in [2.75, 3.05) is 24.7 Å². The maximum Gasteiger partial charge on any atom is 0.123 e. The van der Waals surface area contributed by atoms with Crippen molar-refractivity contribution < 1.29 is 9.13 Å². The molecule has 1 saturated heterocycles. The number of nitrogens with one attached hydrogen (secondary N) is 1. The van der Waals surface area contributed by atoms with Crippen LogP contribution < -0.4 is 5.32 Å². The molecule has 1 aromatic carbocycles. The summed E-state index contributed by atoms with van der Waals surface area (Å²) in [6, 6.07) is 6.87. The van der Waals surface area contributed by atoms with E-state index in [4.69, 9.17) is 4.74 Å². The highest BCUT2D eigenvalue weighted by Gasteiger charge is 2.25. The lowest BCUT2D eigenvalue weighted by atomic mass is 10.0. The topological polar surface area (TPSA) is 21.3 Å². The van der Waals surface area contributed by atoms with Gasteiger partial charge in [-0.2, -0.15) is 11.8 Å². The number of thioether (sulfide) groups is 1. The fraction of sp³-hybridized carbons (Fsp3) is 0.538. The molecule has 0 radical (unpaired) electrons. The van der Waals surface area contributed by atoms with Crippen molar-refractivity contribution >= 4 is 11.8 Å². The fourth-order valence-corrected chi connectivity index (χ4v) is 2.98. The summed E-state index contributed by atoms with van der Waals surface area (Å²) < 4.78 is 19.0. The summed E-state index contributed by atoms with van der Waals surface area (Å²) in [7, 11) is 0.